The third kappa shape index (κ3) is 3.33. The molecule has 5 heteroatoms. The summed E-state index contributed by atoms with van der Waals surface area (Å²) < 4.78 is 0. The van der Waals surface area contributed by atoms with E-state index in [2.05, 4.69) is 47.8 Å². The van der Waals surface area contributed by atoms with E-state index in [4.69, 9.17) is 5.10 Å². The summed E-state index contributed by atoms with van der Waals surface area (Å²) in [6.07, 6.45) is 2.15. The van der Waals surface area contributed by atoms with Crippen LogP contribution in [0.3, 0.4) is 0 Å². The average molecular weight is 360 g/mol. The lowest BCUT2D eigenvalue weighted by Gasteiger charge is -2.35. The first-order valence-corrected chi connectivity index (χ1v) is 9.26. The van der Waals surface area contributed by atoms with E-state index in [1.54, 1.807) is 7.05 Å². The van der Waals surface area contributed by atoms with E-state index in [-0.39, 0.29) is 18.0 Å². The van der Waals surface area contributed by atoms with Crippen LogP contribution < -0.4 is 5.32 Å². The highest BCUT2D eigenvalue weighted by atomic mass is 16.2. The van der Waals surface area contributed by atoms with Crippen LogP contribution in [0.5, 0.6) is 0 Å². The topological polar surface area (TPSA) is 47.9 Å². The number of hydrogen-bond acceptors (Lipinski definition) is 3. The number of benzene rings is 2. The van der Waals surface area contributed by atoms with Crippen molar-refractivity contribution in [1.82, 2.24) is 15.2 Å². The van der Waals surface area contributed by atoms with Gasteiger partial charge in [0, 0.05) is 33.1 Å². The number of piperidine rings is 1. The molecule has 2 aliphatic rings. The number of rotatable bonds is 2. The molecule has 0 spiro atoms. The number of hydrazone groups is 1. The monoisotopic (exact) mass is 360 g/mol. The molecule has 2 aromatic rings. The van der Waals surface area contributed by atoms with Gasteiger partial charge in [-0.2, -0.15) is 5.10 Å². The second-order valence-electron chi connectivity index (χ2n) is 7.04. The third-order valence-corrected chi connectivity index (χ3v) is 5.29. The molecule has 0 bridgehead atoms. The highest BCUT2D eigenvalue weighted by Crippen LogP contribution is 2.39. The number of urea groups is 1. The Morgan fingerprint density at radius 2 is 1.78 bits per heavy atom. The fraction of sp³-hybridized carbons (Fsp3) is 0.273. The van der Waals surface area contributed by atoms with E-state index in [1.807, 2.05) is 41.2 Å². The molecule has 1 N–H and O–H groups in total. The number of carbonyl (C=O) groups is 1. The van der Waals surface area contributed by atoms with Gasteiger partial charge in [-0.05, 0) is 22.8 Å². The summed E-state index contributed by atoms with van der Waals surface area (Å²) >= 11 is 0. The van der Waals surface area contributed by atoms with Crippen molar-refractivity contribution < 1.29 is 4.79 Å². The molecule has 4 rings (SSSR count). The van der Waals surface area contributed by atoms with E-state index >= 15 is 0 Å². The number of fused-ring (bicyclic) bond motifs is 1. The summed E-state index contributed by atoms with van der Waals surface area (Å²) in [5.74, 6) is 0.151. The predicted molar refractivity (Wildman–Crippen MR) is 108 cm³/mol. The van der Waals surface area contributed by atoms with Gasteiger partial charge >= 0.3 is 6.03 Å². The lowest BCUT2D eigenvalue weighted by atomic mass is 9.83. The summed E-state index contributed by atoms with van der Waals surface area (Å²) in [6.45, 7) is 1.23. The average Bonchev–Trinajstić information content (AvgIpc) is 3.05. The summed E-state index contributed by atoms with van der Waals surface area (Å²) in [4.78, 5) is 14.3. The zero-order chi connectivity index (χ0) is 18.8. The zero-order valence-electron chi connectivity index (χ0n) is 15.7. The van der Waals surface area contributed by atoms with Gasteiger partial charge in [0.2, 0.25) is 0 Å². The maximum absolute atomic E-state index is 12.4. The Hall–Kier alpha value is -3.08. The first-order valence-electron chi connectivity index (χ1n) is 9.26. The zero-order valence-corrected chi connectivity index (χ0v) is 15.7. The fourth-order valence-electron chi connectivity index (χ4n) is 4.07. The highest BCUT2D eigenvalue weighted by Gasteiger charge is 2.43. The van der Waals surface area contributed by atoms with Gasteiger partial charge in [-0.3, -0.25) is 5.01 Å². The predicted octanol–water partition coefficient (Wildman–Crippen LogP) is 3.38. The summed E-state index contributed by atoms with van der Waals surface area (Å²) in [5.41, 5.74) is 4.54. The third-order valence-electron chi connectivity index (χ3n) is 5.29. The molecule has 0 radical (unpaired) electrons. The van der Waals surface area contributed by atoms with E-state index in [9.17, 15) is 4.79 Å². The minimum Gasteiger partial charge on any atom is -0.341 e. The lowest BCUT2D eigenvalue weighted by Crippen LogP contribution is -2.49. The number of carbonyl (C=O) groups excluding carboxylic acids is 1. The van der Waals surface area contributed by atoms with Crippen LogP contribution in [0.4, 0.5) is 4.79 Å². The molecule has 2 heterocycles. The maximum atomic E-state index is 12.4. The molecule has 2 amide bonds. The maximum Gasteiger partial charge on any atom is 0.317 e. The molecule has 5 nitrogen and oxygen atoms in total. The fourth-order valence-corrected chi connectivity index (χ4v) is 4.07. The first kappa shape index (κ1) is 17.3. The van der Waals surface area contributed by atoms with E-state index in [0.717, 1.165) is 16.8 Å². The van der Waals surface area contributed by atoms with Crippen LogP contribution in [0.1, 0.15) is 17.2 Å². The molecular formula is C22H24N4O. The standard InChI is InChI=1S/C22H24N4O/c1-23-22(27)26-14-18(13-16-9-5-3-6-10-16)20-19(15-26)21(25(2)24-20)17-11-7-4-8-12-17/h3-13,19,21H,14-15H2,1-2H3,(H,23,27)/b18-13+. The van der Waals surface area contributed by atoms with Gasteiger partial charge in [0.05, 0.1) is 11.8 Å². The minimum absolute atomic E-state index is 0.0469. The molecule has 0 aromatic heterocycles. The molecule has 0 saturated carbocycles. The molecular weight excluding hydrogens is 336 g/mol. The Balaban J connectivity index is 1.74. The smallest absolute Gasteiger partial charge is 0.317 e. The van der Waals surface area contributed by atoms with Crippen molar-refractivity contribution in [3.63, 3.8) is 0 Å². The molecule has 1 fully saturated rings. The normalized spacial score (nSPS) is 23.2. The van der Waals surface area contributed by atoms with E-state index in [1.165, 1.54) is 5.56 Å². The summed E-state index contributed by atoms with van der Waals surface area (Å²) in [5, 5.41) is 9.70. The number of amides is 2. The molecule has 2 aliphatic heterocycles. The van der Waals surface area contributed by atoms with Crippen molar-refractivity contribution in [3.8, 4) is 0 Å². The molecule has 27 heavy (non-hydrogen) atoms. The van der Waals surface area contributed by atoms with Crippen LogP contribution >= 0.6 is 0 Å². The Bertz CT molecular complexity index is 876. The Morgan fingerprint density at radius 3 is 2.44 bits per heavy atom. The van der Waals surface area contributed by atoms with E-state index < -0.39 is 0 Å². The number of nitrogens with one attached hydrogen (secondary N) is 1. The quantitative estimate of drug-likeness (QED) is 0.892. The van der Waals surface area contributed by atoms with Gasteiger partial charge in [0.1, 0.15) is 0 Å². The second-order valence-corrected chi connectivity index (χ2v) is 7.04. The van der Waals surface area contributed by atoms with Crippen molar-refractivity contribution >= 4 is 17.8 Å². The first-order chi connectivity index (χ1) is 13.2. The van der Waals surface area contributed by atoms with Crippen molar-refractivity contribution in [2.24, 2.45) is 11.0 Å². The summed E-state index contributed by atoms with van der Waals surface area (Å²) in [6, 6.07) is 20.7. The summed E-state index contributed by atoms with van der Waals surface area (Å²) in [7, 11) is 3.70. The van der Waals surface area contributed by atoms with Gasteiger partial charge in [-0.25, -0.2) is 4.79 Å². The Morgan fingerprint density at radius 1 is 1.11 bits per heavy atom. The number of hydrogen-bond donors (Lipinski definition) is 1. The largest absolute Gasteiger partial charge is 0.341 e. The second kappa shape index (κ2) is 7.27. The molecule has 0 aliphatic carbocycles. The van der Waals surface area contributed by atoms with Crippen LogP contribution in [0.25, 0.3) is 6.08 Å². The molecule has 2 unspecified atom stereocenters. The van der Waals surface area contributed by atoms with Gasteiger partial charge in [-0.1, -0.05) is 60.7 Å². The Kier molecular flexibility index (Phi) is 4.67. The van der Waals surface area contributed by atoms with E-state index in [0.29, 0.717) is 13.1 Å². The molecule has 1 saturated heterocycles. The van der Waals surface area contributed by atoms with Crippen molar-refractivity contribution in [2.45, 2.75) is 6.04 Å². The van der Waals surface area contributed by atoms with Crippen molar-refractivity contribution in [1.29, 1.82) is 0 Å². The molecule has 2 aromatic carbocycles. The van der Waals surface area contributed by atoms with Gasteiger partial charge in [0.15, 0.2) is 0 Å². The van der Waals surface area contributed by atoms with Crippen LogP contribution in [0.2, 0.25) is 0 Å². The highest BCUT2D eigenvalue weighted by molar-refractivity contribution is 6.08. The lowest BCUT2D eigenvalue weighted by molar-refractivity contribution is 0.180. The molecule has 2 atom stereocenters. The molecule has 138 valence electrons. The van der Waals surface area contributed by atoms with Crippen LogP contribution in [-0.4, -0.2) is 48.8 Å². The van der Waals surface area contributed by atoms with Gasteiger partial charge < -0.3 is 10.2 Å². The SMILES string of the molecule is CNC(=O)N1C/C(=C\c2ccccc2)C2=NN(C)C(c3ccccc3)C2C1. The minimum atomic E-state index is -0.0469. The number of nitrogens with zero attached hydrogens (tertiary/aromatic N) is 3. The Labute approximate surface area is 160 Å². The van der Waals surface area contributed by atoms with Gasteiger partial charge in [-0.15, -0.1) is 0 Å². The van der Waals surface area contributed by atoms with Crippen molar-refractivity contribution in [2.75, 3.05) is 27.2 Å². The van der Waals surface area contributed by atoms with Gasteiger partial charge in [0.25, 0.3) is 0 Å². The van der Waals surface area contributed by atoms with Crippen LogP contribution in [-0.2, 0) is 0 Å². The number of likely N-dealkylation sites (tertiary alicyclic amines) is 1. The van der Waals surface area contributed by atoms with Crippen LogP contribution in [0, 0.1) is 5.92 Å². The van der Waals surface area contributed by atoms with Crippen molar-refractivity contribution in [3.05, 3.63) is 77.4 Å². The van der Waals surface area contributed by atoms with Crippen LogP contribution in [0.15, 0.2) is 71.3 Å².